The smallest absolute Gasteiger partial charge is 0.211 e. The summed E-state index contributed by atoms with van der Waals surface area (Å²) in [5.74, 6) is 0. The van der Waals surface area contributed by atoms with Crippen LogP contribution in [0.5, 0.6) is 0 Å². The lowest BCUT2D eigenvalue weighted by molar-refractivity contribution is 0.586. The predicted octanol–water partition coefficient (Wildman–Crippen LogP) is 0.918. The van der Waals surface area contributed by atoms with Crippen LogP contribution in [0.4, 0.5) is 0 Å². The van der Waals surface area contributed by atoms with Gasteiger partial charge in [-0.1, -0.05) is 6.92 Å². The number of hydrogen-bond donors (Lipinski definition) is 1. The Morgan fingerprint density at radius 3 is 2.77 bits per heavy atom. The quantitative estimate of drug-likeness (QED) is 0.816. The van der Waals surface area contributed by atoms with Crippen LogP contribution in [0.2, 0.25) is 0 Å². The summed E-state index contributed by atoms with van der Waals surface area (Å²) >= 11 is 0.968. The molecule has 0 amide bonds. The second-order valence-corrected chi connectivity index (χ2v) is 5.31. The van der Waals surface area contributed by atoms with E-state index in [0.29, 0.717) is 11.4 Å². The maximum absolute atomic E-state index is 11.4. The minimum Gasteiger partial charge on any atom is -0.211 e. The van der Waals surface area contributed by atoms with E-state index in [2.05, 4.69) is 4.72 Å². The highest BCUT2D eigenvalue weighted by Crippen LogP contribution is 2.20. The van der Waals surface area contributed by atoms with Crippen molar-refractivity contribution in [1.82, 2.24) is 4.72 Å². The number of sulfonamides is 1. The molecule has 0 bridgehead atoms. The van der Waals surface area contributed by atoms with Crippen molar-refractivity contribution in [3.05, 3.63) is 17.0 Å². The van der Waals surface area contributed by atoms with Crippen LogP contribution in [0.3, 0.4) is 0 Å². The summed E-state index contributed by atoms with van der Waals surface area (Å²) in [6.45, 7) is 2.05. The monoisotopic (exact) mass is 216 g/mol. The van der Waals surface area contributed by atoms with E-state index in [1.54, 1.807) is 6.92 Å². The van der Waals surface area contributed by atoms with E-state index in [1.165, 1.54) is 12.1 Å². The van der Waals surface area contributed by atoms with Crippen LogP contribution in [-0.2, 0) is 10.0 Å². The van der Waals surface area contributed by atoms with Crippen molar-refractivity contribution >= 4 is 21.4 Å². The molecule has 0 aliphatic rings. The van der Waals surface area contributed by atoms with Gasteiger partial charge in [0.05, 0.1) is 0 Å². The minimum atomic E-state index is -3.38. The summed E-state index contributed by atoms with van der Waals surface area (Å²) in [5, 5.41) is 8.49. The van der Waals surface area contributed by atoms with Gasteiger partial charge in [-0.2, -0.15) is 5.26 Å². The molecule has 1 aromatic heterocycles. The normalized spacial score (nSPS) is 11.1. The summed E-state index contributed by atoms with van der Waals surface area (Å²) in [6, 6.07) is 4.81. The molecule has 0 spiro atoms. The molecule has 0 atom stereocenters. The first-order chi connectivity index (χ1) is 6.10. The number of nitrogens with one attached hydrogen (secondary N) is 1. The van der Waals surface area contributed by atoms with Crippen molar-refractivity contribution in [2.45, 2.75) is 11.1 Å². The fourth-order valence-corrected chi connectivity index (χ4v) is 2.97. The second kappa shape index (κ2) is 3.87. The first-order valence-electron chi connectivity index (χ1n) is 3.59. The van der Waals surface area contributed by atoms with E-state index in [-0.39, 0.29) is 4.21 Å². The van der Waals surface area contributed by atoms with Crippen LogP contribution in [0.15, 0.2) is 16.3 Å². The van der Waals surface area contributed by atoms with Crippen LogP contribution in [0.1, 0.15) is 11.8 Å². The molecule has 0 saturated carbocycles. The molecule has 0 radical (unpaired) electrons. The third-order valence-corrected chi connectivity index (χ3v) is 4.32. The first kappa shape index (κ1) is 10.2. The third-order valence-electron chi connectivity index (χ3n) is 1.29. The summed E-state index contributed by atoms with van der Waals surface area (Å²) in [5.41, 5.74) is 0. The summed E-state index contributed by atoms with van der Waals surface area (Å²) in [6.07, 6.45) is 0. The fourth-order valence-electron chi connectivity index (χ4n) is 0.786. The fraction of sp³-hybridized carbons (Fsp3) is 0.286. The van der Waals surface area contributed by atoms with Gasteiger partial charge in [0.15, 0.2) is 0 Å². The van der Waals surface area contributed by atoms with Crippen molar-refractivity contribution in [2.75, 3.05) is 6.54 Å². The summed E-state index contributed by atoms with van der Waals surface area (Å²) < 4.78 is 25.2. The SMILES string of the molecule is CCNS(=O)(=O)c1ccc(C#N)s1. The maximum Gasteiger partial charge on any atom is 0.250 e. The second-order valence-electron chi connectivity index (χ2n) is 2.23. The minimum absolute atomic E-state index is 0.186. The van der Waals surface area contributed by atoms with Gasteiger partial charge in [-0.15, -0.1) is 11.3 Å². The van der Waals surface area contributed by atoms with Gasteiger partial charge in [0.2, 0.25) is 10.0 Å². The molecule has 70 valence electrons. The van der Waals surface area contributed by atoms with Gasteiger partial charge in [-0.3, -0.25) is 0 Å². The highest BCUT2D eigenvalue weighted by Gasteiger charge is 2.14. The number of hydrogen-bond acceptors (Lipinski definition) is 4. The molecule has 0 aliphatic heterocycles. The standard InChI is InChI=1S/C7H8N2O2S2/c1-2-9-13(10,11)7-4-3-6(5-8)12-7/h3-4,9H,2H2,1H3. The highest BCUT2D eigenvalue weighted by atomic mass is 32.2. The van der Waals surface area contributed by atoms with Gasteiger partial charge in [0.1, 0.15) is 15.2 Å². The first-order valence-corrected chi connectivity index (χ1v) is 5.89. The zero-order valence-corrected chi connectivity index (χ0v) is 8.58. The number of nitrogens with zero attached hydrogens (tertiary/aromatic N) is 1. The molecular weight excluding hydrogens is 208 g/mol. The van der Waals surface area contributed by atoms with Crippen LogP contribution in [-0.4, -0.2) is 15.0 Å². The van der Waals surface area contributed by atoms with E-state index >= 15 is 0 Å². The molecular formula is C7H8N2O2S2. The van der Waals surface area contributed by atoms with Crippen molar-refractivity contribution < 1.29 is 8.42 Å². The molecule has 1 rings (SSSR count). The molecule has 0 fully saturated rings. The molecule has 13 heavy (non-hydrogen) atoms. The van der Waals surface area contributed by atoms with Gasteiger partial charge >= 0.3 is 0 Å². The van der Waals surface area contributed by atoms with Crippen molar-refractivity contribution in [1.29, 1.82) is 5.26 Å². The summed E-state index contributed by atoms with van der Waals surface area (Å²) in [7, 11) is -3.38. The Morgan fingerprint density at radius 2 is 2.31 bits per heavy atom. The van der Waals surface area contributed by atoms with E-state index < -0.39 is 10.0 Å². The largest absolute Gasteiger partial charge is 0.250 e. The molecule has 0 aliphatic carbocycles. The highest BCUT2D eigenvalue weighted by molar-refractivity contribution is 7.91. The Morgan fingerprint density at radius 1 is 1.62 bits per heavy atom. The van der Waals surface area contributed by atoms with E-state index in [4.69, 9.17) is 5.26 Å². The molecule has 1 N–H and O–H groups in total. The number of thiophene rings is 1. The van der Waals surface area contributed by atoms with E-state index in [0.717, 1.165) is 11.3 Å². The van der Waals surface area contributed by atoms with Crippen LogP contribution < -0.4 is 4.72 Å². The lowest BCUT2D eigenvalue weighted by atomic mass is 10.5. The lowest BCUT2D eigenvalue weighted by Crippen LogP contribution is -2.22. The lowest BCUT2D eigenvalue weighted by Gasteiger charge is -1.98. The molecule has 0 unspecified atom stereocenters. The topological polar surface area (TPSA) is 70.0 Å². The van der Waals surface area contributed by atoms with Crippen LogP contribution >= 0.6 is 11.3 Å². The van der Waals surface area contributed by atoms with Crippen LogP contribution in [0, 0.1) is 11.3 Å². The molecule has 0 saturated heterocycles. The van der Waals surface area contributed by atoms with Crippen molar-refractivity contribution in [3.8, 4) is 6.07 Å². The molecule has 6 heteroatoms. The Labute approximate surface area is 80.9 Å². The van der Waals surface area contributed by atoms with Crippen molar-refractivity contribution in [3.63, 3.8) is 0 Å². The zero-order valence-electron chi connectivity index (χ0n) is 6.94. The number of nitriles is 1. The molecule has 4 nitrogen and oxygen atoms in total. The van der Waals surface area contributed by atoms with Gasteiger partial charge in [0, 0.05) is 6.54 Å². The Balaban J connectivity index is 3.03. The molecule has 1 aromatic rings. The van der Waals surface area contributed by atoms with Gasteiger partial charge < -0.3 is 0 Å². The van der Waals surface area contributed by atoms with Gasteiger partial charge in [-0.25, -0.2) is 13.1 Å². The molecule has 1 heterocycles. The maximum atomic E-state index is 11.4. The average Bonchev–Trinajstić information content (AvgIpc) is 2.52. The Kier molecular flexibility index (Phi) is 3.03. The zero-order chi connectivity index (χ0) is 9.90. The van der Waals surface area contributed by atoms with Gasteiger partial charge in [0.25, 0.3) is 0 Å². The number of rotatable bonds is 3. The Hall–Kier alpha value is -0.900. The van der Waals surface area contributed by atoms with Crippen LogP contribution in [0.25, 0.3) is 0 Å². The summed E-state index contributed by atoms with van der Waals surface area (Å²) in [4.78, 5) is 0.400. The van der Waals surface area contributed by atoms with Crippen molar-refractivity contribution in [2.24, 2.45) is 0 Å². The predicted molar refractivity (Wildman–Crippen MR) is 49.9 cm³/mol. The third kappa shape index (κ3) is 2.28. The van der Waals surface area contributed by atoms with Gasteiger partial charge in [-0.05, 0) is 12.1 Å². The molecule has 0 aromatic carbocycles. The van der Waals surface area contributed by atoms with E-state index in [9.17, 15) is 8.42 Å². The van der Waals surface area contributed by atoms with E-state index in [1.807, 2.05) is 6.07 Å². The average molecular weight is 216 g/mol. The Bertz CT molecular complexity index is 428.